The van der Waals surface area contributed by atoms with Gasteiger partial charge in [0.1, 0.15) is 0 Å². The molecule has 1 aromatic carbocycles. The molecule has 1 aromatic heterocycles. The molecular formula is C14H12Cl2N2. The highest BCUT2D eigenvalue weighted by atomic mass is 35.5. The van der Waals surface area contributed by atoms with Crippen LogP contribution in [0.25, 0.3) is 0 Å². The maximum Gasteiger partial charge on any atom is 0.0598 e. The molecule has 0 spiro atoms. The molecule has 0 aliphatic carbocycles. The van der Waals surface area contributed by atoms with Crippen molar-refractivity contribution >= 4 is 29.4 Å². The van der Waals surface area contributed by atoms with E-state index in [1.165, 1.54) is 0 Å². The molecule has 18 heavy (non-hydrogen) atoms. The van der Waals surface area contributed by atoms with Gasteiger partial charge in [-0.3, -0.25) is 9.98 Å². The summed E-state index contributed by atoms with van der Waals surface area (Å²) >= 11 is 11.8. The van der Waals surface area contributed by atoms with Gasteiger partial charge >= 0.3 is 0 Å². The van der Waals surface area contributed by atoms with Gasteiger partial charge in [-0.25, -0.2) is 0 Å². The van der Waals surface area contributed by atoms with Crippen LogP contribution in [-0.4, -0.2) is 17.7 Å². The standard InChI is InChI=1S/C14H12Cl2N2/c15-13-5-4-11(9-14(13)16)10-17-8-6-12-3-1-2-7-18-12/h1-5,7,9-10H,6,8H2. The van der Waals surface area contributed by atoms with Gasteiger partial charge in [0.15, 0.2) is 0 Å². The Morgan fingerprint density at radius 1 is 1.11 bits per heavy atom. The number of halogens is 2. The number of aliphatic imine (C=N–C) groups is 1. The van der Waals surface area contributed by atoms with E-state index in [2.05, 4.69) is 9.98 Å². The zero-order chi connectivity index (χ0) is 12.8. The molecule has 2 aromatic rings. The monoisotopic (exact) mass is 278 g/mol. The number of nitrogens with zero attached hydrogens (tertiary/aromatic N) is 2. The average molecular weight is 279 g/mol. The fourth-order valence-corrected chi connectivity index (χ4v) is 1.79. The normalized spacial score (nSPS) is 11.0. The van der Waals surface area contributed by atoms with E-state index in [1.54, 1.807) is 24.5 Å². The van der Waals surface area contributed by atoms with Gasteiger partial charge in [-0.15, -0.1) is 0 Å². The lowest BCUT2D eigenvalue weighted by Gasteiger charge is -1.98. The first-order valence-electron chi connectivity index (χ1n) is 5.60. The predicted octanol–water partition coefficient (Wildman–Crippen LogP) is 4.05. The second-order valence-corrected chi connectivity index (χ2v) is 4.59. The molecule has 0 amide bonds. The lowest BCUT2D eigenvalue weighted by atomic mass is 10.2. The van der Waals surface area contributed by atoms with Gasteiger partial charge < -0.3 is 0 Å². The van der Waals surface area contributed by atoms with Crippen molar-refractivity contribution in [2.24, 2.45) is 4.99 Å². The van der Waals surface area contributed by atoms with Gasteiger partial charge in [0.25, 0.3) is 0 Å². The van der Waals surface area contributed by atoms with E-state index in [1.807, 2.05) is 24.3 Å². The number of hydrogen-bond acceptors (Lipinski definition) is 2. The quantitative estimate of drug-likeness (QED) is 0.775. The molecule has 0 N–H and O–H groups in total. The Bertz CT molecular complexity index is 539. The first-order valence-corrected chi connectivity index (χ1v) is 6.36. The molecule has 0 saturated carbocycles. The third-order valence-electron chi connectivity index (χ3n) is 2.41. The predicted molar refractivity (Wildman–Crippen MR) is 76.9 cm³/mol. The Balaban J connectivity index is 1.90. The number of aromatic nitrogens is 1. The molecule has 0 atom stereocenters. The summed E-state index contributed by atoms with van der Waals surface area (Å²) in [7, 11) is 0. The van der Waals surface area contributed by atoms with Crippen molar-refractivity contribution < 1.29 is 0 Å². The number of benzene rings is 1. The molecule has 0 fully saturated rings. The van der Waals surface area contributed by atoms with Crippen molar-refractivity contribution in [3.05, 3.63) is 63.9 Å². The number of pyridine rings is 1. The van der Waals surface area contributed by atoms with Crippen LogP contribution in [0.2, 0.25) is 10.0 Å². The van der Waals surface area contributed by atoms with E-state index in [4.69, 9.17) is 23.2 Å². The Labute approximate surface area is 116 Å². The maximum atomic E-state index is 5.92. The second kappa shape index (κ2) is 6.53. The van der Waals surface area contributed by atoms with Gasteiger partial charge in [0.05, 0.1) is 10.0 Å². The minimum absolute atomic E-state index is 0.547. The molecule has 0 bridgehead atoms. The fourth-order valence-electron chi connectivity index (χ4n) is 1.49. The van der Waals surface area contributed by atoms with Gasteiger partial charge in [-0.2, -0.15) is 0 Å². The summed E-state index contributed by atoms with van der Waals surface area (Å²) in [5, 5.41) is 1.10. The van der Waals surface area contributed by atoms with Crippen LogP contribution in [0.15, 0.2) is 47.6 Å². The summed E-state index contributed by atoms with van der Waals surface area (Å²) in [5.74, 6) is 0. The Hall–Kier alpha value is -1.38. The third-order valence-corrected chi connectivity index (χ3v) is 3.15. The highest BCUT2D eigenvalue weighted by Crippen LogP contribution is 2.21. The van der Waals surface area contributed by atoms with Crippen molar-refractivity contribution in [2.45, 2.75) is 6.42 Å². The van der Waals surface area contributed by atoms with E-state index < -0.39 is 0 Å². The van der Waals surface area contributed by atoms with Gasteiger partial charge in [0.2, 0.25) is 0 Å². The van der Waals surface area contributed by atoms with Crippen molar-refractivity contribution in [3.8, 4) is 0 Å². The number of rotatable bonds is 4. The SMILES string of the molecule is Clc1ccc(C=NCCc2ccccn2)cc1Cl. The molecule has 0 radical (unpaired) electrons. The first-order chi connectivity index (χ1) is 8.75. The summed E-state index contributed by atoms with van der Waals surface area (Å²) in [6.45, 7) is 0.706. The zero-order valence-electron chi connectivity index (χ0n) is 9.68. The Morgan fingerprint density at radius 2 is 2.00 bits per heavy atom. The van der Waals surface area contributed by atoms with Crippen LogP contribution < -0.4 is 0 Å². The maximum absolute atomic E-state index is 5.92. The van der Waals surface area contributed by atoms with Gasteiger partial charge in [0, 0.05) is 31.1 Å². The van der Waals surface area contributed by atoms with Crippen LogP contribution in [0.3, 0.4) is 0 Å². The van der Waals surface area contributed by atoms with Crippen molar-refractivity contribution in [3.63, 3.8) is 0 Å². The van der Waals surface area contributed by atoms with E-state index in [0.29, 0.717) is 16.6 Å². The third kappa shape index (κ3) is 3.83. The van der Waals surface area contributed by atoms with E-state index in [9.17, 15) is 0 Å². The van der Waals surface area contributed by atoms with Crippen LogP contribution in [-0.2, 0) is 6.42 Å². The van der Waals surface area contributed by atoms with Crippen LogP contribution in [0.5, 0.6) is 0 Å². The lowest BCUT2D eigenvalue weighted by molar-refractivity contribution is 0.927. The zero-order valence-corrected chi connectivity index (χ0v) is 11.2. The number of hydrogen-bond donors (Lipinski definition) is 0. The van der Waals surface area contributed by atoms with Crippen molar-refractivity contribution in [2.75, 3.05) is 6.54 Å². The van der Waals surface area contributed by atoms with Crippen LogP contribution >= 0.6 is 23.2 Å². The molecular weight excluding hydrogens is 267 g/mol. The highest BCUT2D eigenvalue weighted by Gasteiger charge is 1.97. The molecule has 2 rings (SSSR count). The summed E-state index contributed by atoms with van der Waals surface area (Å²) in [4.78, 5) is 8.58. The highest BCUT2D eigenvalue weighted by molar-refractivity contribution is 6.42. The molecule has 0 aliphatic heterocycles. The second-order valence-electron chi connectivity index (χ2n) is 3.78. The summed E-state index contributed by atoms with van der Waals surface area (Å²) in [5.41, 5.74) is 1.99. The molecule has 0 aliphatic rings. The summed E-state index contributed by atoms with van der Waals surface area (Å²) in [6.07, 6.45) is 4.42. The Morgan fingerprint density at radius 3 is 2.72 bits per heavy atom. The lowest BCUT2D eigenvalue weighted by Crippen LogP contribution is -1.93. The average Bonchev–Trinajstić information content (AvgIpc) is 2.40. The van der Waals surface area contributed by atoms with Crippen LogP contribution in [0, 0.1) is 0 Å². The van der Waals surface area contributed by atoms with Crippen molar-refractivity contribution in [1.82, 2.24) is 4.98 Å². The molecule has 0 saturated heterocycles. The summed E-state index contributed by atoms with van der Waals surface area (Å²) < 4.78 is 0. The smallest absolute Gasteiger partial charge is 0.0598 e. The van der Waals surface area contributed by atoms with Crippen LogP contribution in [0.1, 0.15) is 11.3 Å². The minimum atomic E-state index is 0.547. The fraction of sp³-hybridized carbons (Fsp3) is 0.143. The Kier molecular flexibility index (Phi) is 4.73. The van der Waals surface area contributed by atoms with E-state index >= 15 is 0 Å². The minimum Gasteiger partial charge on any atom is -0.292 e. The van der Waals surface area contributed by atoms with Gasteiger partial charge in [-0.1, -0.05) is 35.3 Å². The topological polar surface area (TPSA) is 25.2 Å². The van der Waals surface area contributed by atoms with E-state index in [0.717, 1.165) is 17.7 Å². The van der Waals surface area contributed by atoms with Crippen molar-refractivity contribution in [1.29, 1.82) is 0 Å². The molecule has 0 unspecified atom stereocenters. The first kappa shape index (κ1) is 13.1. The summed E-state index contributed by atoms with van der Waals surface area (Å²) in [6, 6.07) is 11.3. The van der Waals surface area contributed by atoms with Crippen LogP contribution in [0.4, 0.5) is 0 Å². The molecule has 2 nitrogen and oxygen atoms in total. The molecule has 4 heteroatoms. The van der Waals surface area contributed by atoms with Gasteiger partial charge in [-0.05, 0) is 29.8 Å². The van der Waals surface area contributed by atoms with E-state index in [-0.39, 0.29) is 0 Å². The molecule has 1 heterocycles. The molecule has 92 valence electrons. The largest absolute Gasteiger partial charge is 0.292 e.